The van der Waals surface area contributed by atoms with E-state index in [-0.39, 0.29) is 17.5 Å². The number of aryl methyl sites for hydroxylation is 1. The molecule has 0 saturated heterocycles. The lowest BCUT2D eigenvalue weighted by Crippen LogP contribution is -2.27. The molecule has 0 unspecified atom stereocenters. The van der Waals surface area contributed by atoms with Gasteiger partial charge in [-0.1, -0.05) is 19.1 Å². The number of aromatic nitrogens is 3. The van der Waals surface area contributed by atoms with Crippen molar-refractivity contribution in [3.63, 3.8) is 0 Å². The molecule has 0 aliphatic heterocycles. The van der Waals surface area contributed by atoms with Gasteiger partial charge in [-0.3, -0.25) is 9.89 Å². The molecule has 0 aliphatic rings. The van der Waals surface area contributed by atoms with Gasteiger partial charge in [0.15, 0.2) is 0 Å². The lowest BCUT2D eigenvalue weighted by molar-refractivity contribution is 0.0773. The molecule has 2 N–H and O–H groups in total. The normalized spacial score (nSPS) is 10.5. The summed E-state index contributed by atoms with van der Waals surface area (Å²) in [6, 6.07) is 6.75. The van der Waals surface area contributed by atoms with Gasteiger partial charge in [0.25, 0.3) is 5.91 Å². The number of benzene rings is 1. The zero-order chi connectivity index (χ0) is 14.5. The maximum atomic E-state index is 12.2. The van der Waals surface area contributed by atoms with Crippen LogP contribution in [-0.4, -0.2) is 38.1 Å². The second kappa shape index (κ2) is 6.18. The van der Waals surface area contributed by atoms with E-state index < -0.39 is 0 Å². The average molecular weight is 274 g/mol. The first-order chi connectivity index (χ1) is 9.60. The Morgan fingerprint density at radius 1 is 1.35 bits per heavy atom. The van der Waals surface area contributed by atoms with Crippen LogP contribution in [0.3, 0.4) is 0 Å². The Kier molecular flexibility index (Phi) is 4.34. The largest absolute Gasteiger partial charge is 0.508 e. The minimum atomic E-state index is -0.225. The molecule has 0 aliphatic carbocycles. The van der Waals surface area contributed by atoms with Crippen LogP contribution >= 0.6 is 0 Å². The Labute approximate surface area is 117 Å². The first-order valence-corrected chi connectivity index (χ1v) is 6.54. The van der Waals surface area contributed by atoms with Gasteiger partial charge in [0.05, 0.1) is 0 Å². The number of nitrogens with one attached hydrogen (secondary N) is 1. The van der Waals surface area contributed by atoms with E-state index in [1.54, 1.807) is 36.2 Å². The van der Waals surface area contributed by atoms with Crippen molar-refractivity contribution in [2.24, 2.45) is 0 Å². The van der Waals surface area contributed by atoms with Crippen LogP contribution in [0.25, 0.3) is 0 Å². The maximum Gasteiger partial charge on any atom is 0.293 e. The molecule has 6 nitrogen and oxygen atoms in total. The molecule has 0 radical (unpaired) electrons. The fourth-order valence-corrected chi connectivity index (χ4v) is 1.86. The Balaban J connectivity index is 2.02. The van der Waals surface area contributed by atoms with Crippen molar-refractivity contribution in [2.45, 2.75) is 26.3 Å². The molecule has 0 atom stereocenters. The Morgan fingerprint density at radius 2 is 2.05 bits per heavy atom. The summed E-state index contributed by atoms with van der Waals surface area (Å²) < 4.78 is 0. The highest BCUT2D eigenvalue weighted by Crippen LogP contribution is 2.12. The quantitative estimate of drug-likeness (QED) is 0.870. The minimum Gasteiger partial charge on any atom is -0.508 e. The van der Waals surface area contributed by atoms with Crippen LogP contribution in [-0.2, 0) is 13.0 Å². The summed E-state index contributed by atoms with van der Waals surface area (Å²) in [4.78, 5) is 17.9. The van der Waals surface area contributed by atoms with Crippen molar-refractivity contribution in [1.29, 1.82) is 0 Å². The van der Waals surface area contributed by atoms with Gasteiger partial charge in [-0.25, -0.2) is 4.98 Å². The molecule has 1 aromatic heterocycles. The van der Waals surface area contributed by atoms with Crippen molar-refractivity contribution in [2.75, 3.05) is 7.05 Å². The number of carbonyl (C=O) groups is 1. The first kappa shape index (κ1) is 14.0. The van der Waals surface area contributed by atoms with Gasteiger partial charge in [-0.2, -0.15) is 0 Å². The SMILES string of the molecule is CCCc1nc(C(=O)N(C)Cc2ccc(O)cc2)n[nH]1. The summed E-state index contributed by atoms with van der Waals surface area (Å²) in [5, 5.41) is 15.9. The number of phenolic OH excluding ortho intramolecular Hbond substituents is 1. The van der Waals surface area contributed by atoms with Gasteiger partial charge in [-0.05, 0) is 24.1 Å². The minimum absolute atomic E-state index is 0.190. The molecule has 0 spiro atoms. The predicted octanol–water partition coefficient (Wildman–Crippen LogP) is 1.73. The zero-order valence-electron chi connectivity index (χ0n) is 11.6. The number of hydrogen-bond donors (Lipinski definition) is 2. The summed E-state index contributed by atoms with van der Waals surface area (Å²) in [7, 11) is 1.70. The van der Waals surface area contributed by atoms with Gasteiger partial charge in [0, 0.05) is 20.0 Å². The predicted molar refractivity (Wildman–Crippen MR) is 74.3 cm³/mol. The van der Waals surface area contributed by atoms with Crippen molar-refractivity contribution >= 4 is 5.91 Å². The van der Waals surface area contributed by atoms with Crippen LogP contribution in [0.15, 0.2) is 24.3 Å². The third-order valence-corrected chi connectivity index (χ3v) is 2.91. The standard InChI is InChI=1S/C14H18N4O2/c1-3-4-12-15-13(17-16-12)14(20)18(2)9-10-5-7-11(19)8-6-10/h5-8,19H,3-4,9H2,1-2H3,(H,15,16,17). The average Bonchev–Trinajstić information content (AvgIpc) is 2.89. The maximum absolute atomic E-state index is 12.2. The molecule has 106 valence electrons. The summed E-state index contributed by atoms with van der Waals surface area (Å²) >= 11 is 0. The van der Waals surface area contributed by atoms with Gasteiger partial charge in [-0.15, -0.1) is 5.10 Å². The van der Waals surface area contributed by atoms with E-state index in [9.17, 15) is 9.90 Å². The second-order valence-corrected chi connectivity index (χ2v) is 4.68. The number of aromatic hydroxyl groups is 1. The van der Waals surface area contributed by atoms with Gasteiger partial charge < -0.3 is 10.0 Å². The molecular weight excluding hydrogens is 256 g/mol. The Hall–Kier alpha value is -2.37. The van der Waals surface area contributed by atoms with E-state index in [1.165, 1.54) is 0 Å². The fraction of sp³-hybridized carbons (Fsp3) is 0.357. The smallest absolute Gasteiger partial charge is 0.293 e. The Bertz CT molecular complexity index is 577. The number of aromatic amines is 1. The van der Waals surface area contributed by atoms with Gasteiger partial charge >= 0.3 is 0 Å². The molecule has 0 bridgehead atoms. The van der Waals surface area contributed by atoms with Crippen molar-refractivity contribution in [3.8, 4) is 5.75 Å². The summed E-state index contributed by atoms with van der Waals surface area (Å²) in [6.45, 7) is 2.48. The second-order valence-electron chi connectivity index (χ2n) is 4.68. The number of amides is 1. The van der Waals surface area contributed by atoms with Crippen LogP contribution in [0, 0.1) is 0 Å². The first-order valence-electron chi connectivity index (χ1n) is 6.54. The molecule has 6 heteroatoms. The molecule has 2 aromatic rings. The molecule has 1 aromatic carbocycles. The third kappa shape index (κ3) is 3.34. The van der Waals surface area contributed by atoms with E-state index in [0.29, 0.717) is 6.54 Å². The number of rotatable bonds is 5. The highest BCUT2D eigenvalue weighted by atomic mass is 16.3. The summed E-state index contributed by atoms with van der Waals surface area (Å²) in [6.07, 6.45) is 1.73. The number of H-pyrrole nitrogens is 1. The molecular formula is C14H18N4O2. The summed E-state index contributed by atoms with van der Waals surface area (Å²) in [5.41, 5.74) is 0.933. The molecule has 1 heterocycles. The van der Waals surface area contributed by atoms with Crippen molar-refractivity contribution < 1.29 is 9.90 Å². The van der Waals surface area contributed by atoms with E-state index >= 15 is 0 Å². The monoisotopic (exact) mass is 274 g/mol. The lowest BCUT2D eigenvalue weighted by atomic mass is 10.2. The molecule has 0 fully saturated rings. The molecule has 20 heavy (non-hydrogen) atoms. The Morgan fingerprint density at radius 3 is 2.70 bits per heavy atom. The molecule has 1 amide bonds. The van der Waals surface area contributed by atoms with Crippen LogP contribution < -0.4 is 0 Å². The van der Waals surface area contributed by atoms with Crippen LogP contribution in [0.1, 0.15) is 35.4 Å². The third-order valence-electron chi connectivity index (χ3n) is 2.91. The van der Waals surface area contributed by atoms with Crippen LogP contribution in [0.5, 0.6) is 5.75 Å². The highest BCUT2D eigenvalue weighted by Gasteiger charge is 2.17. The van der Waals surface area contributed by atoms with Crippen LogP contribution in [0.4, 0.5) is 0 Å². The number of phenols is 1. The van der Waals surface area contributed by atoms with E-state index in [0.717, 1.165) is 24.2 Å². The zero-order valence-corrected chi connectivity index (χ0v) is 11.6. The van der Waals surface area contributed by atoms with E-state index in [2.05, 4.69) is 15.2 Å². The van der Waals surface area contributed by atoms with Crippen LogP contribution in [0.2, 0.25) is 0 Å². The van der Waals surface area contributed by atoms with Gasteiger partial charge in [0.1, 0.15) is 11.6 Å². The lowest BCUT2D eigenvalue weighted by Gasteiger charge is -2.15. The van der Waals surface area contributed by atoms with Gasteiger partial charge in [0.2, 0.25) is 5.82 Å². The number of nitrogens with zero attached hydrogens (tertiary/aromatic N) is 3. The molecule has 0 saturated carbocycles. The number of hydrogen-bond acceptors (Lipinski definition) is 4. The topological polar surface area (TPSA) is 82.1 Å². The fourth-order valence-electron chi connectivity index (χ4n) is 1.86. The van der Waals surface area contributed by atoms with E-state index in [1.807, 2.05) is 6.92 Å². The summed E-state index contributed by atoms with van der Waals surface area (Å²) in [5.74, 6) is 0.904. The number of carbonyl (C=O) groups excluding carboxylic acids is 1. The molecule has 2 rings (SSSR count). The highest BCUT2D eigenvalue weighted by molar-refractivity contribution is 5.90. The van der Waals surface area contributed by atoms with Crippen molar-refractivity contribution in [3.05, 3.63) is 41.5 Å². The van der Waals surface area contributed by atoms with Crippen molar-refractivity contribution in [1.82, 2.24) is 20.1 Å². The van der Waals surface area contributed by atoms with E-state index in [4.69, 9.17) is 0 Å².